The monoisotopic (exact) mass is 272 g/mol. The topological polar surface area (TPSA) is 83.8 Å². The molecule has 0 saturated heterocycles. The molecule has 1 atom stereocenters. The van der Waals surface area contributed by atoms with E-state index in [9.17, 15) is 9.59 Å². The molecular weight excluding hydrogens is 260 g/mol. The van der Waals surface area contributed by atoms with Gasteiger partial charge < -0.3 is 14.9 Å². The van der Waals surface area contributed by atoms with Crippen LogP contribution in [-0.2, 0) is 16.0 Å². The Morgan fingerprint density at radius 2 is 2.06 bits per heavy atom. The molecule has 0 heterocycles. The summed E-state index contributed by atoms with van der Waals surface area (Å²) in [6, 6.07) is 4.87. The zero-order valence-corrected chi connectivity index (χ0v) is 10.5. The van der Waals surface area contributed by atoms with Gasteiger partial charge in [0, 0.05) is 0 Å². The highest BCUT2D eigenvalue weighted by atomic mass is 35.5. The van der Waals surface area contributed by atoms with Crippen LogP contribution in [-0.4, -0.2) is 29.3 Å². The third-order valence-corrected chi connectivity index (χ3v) is 2.76. The third-order valence-electron chi connectivity index (χ3n) is 2.47. The highest BCUT2D eigenvalue weighted by Crippen LogP contribution is 2.26. The minimum Gasteiger partial charge on any atom is -0.495 e. The molecule has 2 N–H and O–H groups in total. The van der Waals surface area contributed by atoms with E-state index in [0.29, 0.717) is 16.3 Å². The summed E-state index contributed by atoms with van der Waals surface area (Å²) in [5, 5.41) is 17.9. The number of aliphatic carboxylic acids is 2. The largest absolute Gasteiger partial charge is 0.495 e. The highest BCUT2D eigenvalue weighted by Gasteiger charge is 2.21. The van der Waals surface area contributed by atoms with Crippen molar-refractivity contribution < 1.29 is 24.5 Å². The Bertz CT molecular complexity index is 458. The van der Waals surface area contributed by atoms with Gasteiger partial charge in [0.05, 0.1) is 24.5 Å². The Morgan fingerprint density at radius 1 is 1.39 bits per heavy atom. The van der Waals surface area contributed by atoms with Gasteiger partial charge in [-0.2, -0.15) is 0 Å². The molecule has 0 aromatic heterocycles. The summed E-state index contributed by atoms with van der Waals surface area (Å²) in [6.45, 7) is 0. The fourth-order valence-electron chi connectivity index (χ4n) is 1.58. The maximum absolute atomic E-state index is 10.9. The first-order valence-corrected chi connectivity index (χ1v) is 5.59. The minimum atomic E-state index is -1.14. The summed E-state index contributed by atoms with van der Waals surface area (Å²) in [7, 11) is 1.48. The molecule has 0 aliphatic rings. The van der Waals surface area contributed by atoms with E-state index in [2.05, 4.69) is 0 Å². The van der Waals surface area contributed by atoms with Crippen molar-refractivity contribution in [3.63, 3.8) is 0 Å². The van der Waals surface area contributed by atoms with Crippen molar-refractivity contribution in [1.82, 2.24) is 0 Å². The van der Waals surface area contributed by atoms with E-state index in [1.807, 2.05) is 0 Å². The van der Waals surface area contributed by atoms with Crippen LogP contribution in [0.15, 0.2) is 18.2 Å². The molecule has 0 amide bonds. The summed E-state index contributed by atoms with van der Waals surface area (Å²) in [5.74, 6) is -2.75. The minimum absolute atomic E-state index is 0.116. The summed E-state index contributed by atoms with van der Waals surface area (Å²) < 4.78 is 4.97. The summed E-state index contributed by atoms with van der Waals surface area (Å²) in [5.41, 5.74) is 0.662. The second kappa shape index (κ2) is 6.26. The number of halogens is 1. The van der Waals surface area contributed by atoms with Crippen LogP contribution in [0, 0.1) is 5.92 Å². The fraction of sp³-hybridized carbons (Fsp3) is 0.333. The Balaban J connectivity index is 2.84. The first-order valence-electron chi connectivity index (χ1n) is 5.21. The standard InChI is InChI=1S/C12H13ClO5/c1-18-10-3-2-7(5-9(10)13)4-8(12(16)17)6-11(14)15/h2-3,5,8H,4,6H2,1H3,(H,14,15)(H,16,17). The number of hydrogen-bond donors (Lipinski definition) is 2. The molecule has 0 aliphatic carbocycles. The molecule has 1 aromatic carbocycles. The maximum atomic E-state index is 10.9. The molecule has 0 saturated carbocycles. The van der Waals surface area contributed by atoms with Crippen LogP contribution in [0.1, 0.15) is 12.0 Å². The number of carbonyl (C=O) groups is 2. The van der Waals surface area contributed by atoms with Crippen molar-refractivity contribution in [3.8, 4) is 5.75 Å². The van der Waals surface area contributed by atoms with E-state index in [0.717, 1.165) is 0 Å². The Hall–Kier alpha value is -1.75. The average Bonchev–Trinajstić information content (AvgIpc) is 2.27. The molecule has 1 rings (SSSR count). The molecule has 18 heavy (non-hydrogen) atoms. The number of hydrogen-bond acceptors (Lipinski definition) is 3. The molecule has 98 valence electrons. The van der Waals surface area contributed by atoms with Gasteiger partial charge in [0.2, 0.25) is 0 Å². The zero-order valence-electron chi connectivity index (χ0n) is 9.72. The van der Waals surface area contributed by atoms with Crippen LogP contribution in [0.4, 0.5) is 0 Å². The van der Waals surface area contributed by atoms with Crippen molar-refractivity contribution in [2.75, 3.05) is 7.11 Å². The van der Waals surface area contributed by atoms with Crippen molar-refractivity contribution in [2.24, 2.45) is 5.92 Å². The van der Waals surface area contributed by atoms with Gasteiger partial charge >= 0.3 is 11.9 Å². The lowest BCUT2D eigenvalue weighted by molar-refractivity contribution is -0.148. The second-order valence-electron chi connectivity index (χ2n) is 3.81. The van der Waals surface area contributed by atoms with Gasteiger partial charge in [-0.15, -0.1) is 0 Å². The third kappa shape index (κ3) is 3.92. The lowest BCUT2D eigenvalue weighted by Crippen LogP contribution is -2.20. The molecule has 0 aliphatic heterocycles. The lowest BCUT2D eigenvalue weighted by atomic mass is 9.96. The van der Waals surface area contributed by atoms with E-state index in [-0.39, 0.29) is 6.42 Å². The van der Waals surface area contributed by atoms with Crippen molar-refractivity contribution in [3.05, 3.63) is 28.8 Å². The number of benzene rings is 1. The predicted molar refractivity (Wildman–Crippen MR) is 65.1 cm³/mol. The van der Waals surface area contributed by atoms with Gasteiger partial charge in [-0.25, -0.2) is 0 Å². The van der Waals surface area contributed by atoms with Crippen LogP contribution in [0.3, 0.4) is 0 Å². The van der Waals surface area contributed by atoms with E-state index in [1.165, 1.54) is 7.11 Å². The maximum Gasteiger partial charge on any atom is 0.307 e. The normalized spacial score (nSPS) is 11.9. The molecule has 1 aromatic rings. The lowest BCUT2D eigenvalue weighted by Gasteiger charge is -2.11. The molecule has 0 spiro atoms. The van der Waals surface area contributed by atoms with Crippen molar-refractivity contribution >= 4 is 23.5 Å². The van der Waals surface area contributed by atoms with E-state index >= 15 is 0 Å². The Kier molecular flexibility index (Phi) is 4.97. The van der Waals surface area contributed by atoms with Crippen LogP contribution < -0.4 is 4.74 Å². The van der Waals surface area contributed by atoms with E-state index in [4.69, 9.17) is 26.6 Å². The molecule has 0 bridgehead atoms. The Morgan fingerprint density at radius 3 is 2.50 bits per heavy atom. The summed E-state index contributed by atoms with van der Waals surface area (Å²) in [6.07, 6.45) is -0.301. The fourth-order valence-corrected chi connectivity index (χ4v) is 1.86. The molecule has 5 nitrogen and oxygen atoms in total. The predicted octanol–water partition coefficient (Wildman–Crippen LogP) is 2.07. The van der Waals surface area contributed by atoms with Gasteiger partial charge in [-0.3, -0.25) is 9.59 Å². The average molecular weight is 273 g/mol. The number of ether oxygens (including phenoxy) is 1. The molecule has 0 radical (unpaired) electrons. The van der Waals surface area contributed by atoms with Gasteiger partial charge in [0.25, 0.3) is 0 Å². The van der Waals surface area contributed by atoms with Crippen LogP contribution in [0.5, 0.6) is 5.75 Å². The zero-order chi connectivity index (χ0) is 13.7. The first-order chi connectivity index (χ1) is 8.43. The highest BCUT2D eigenvalue weighted by molar-refractivity contribution is 6.32. The number of carboxylic acids is 2. The van der Waals surface area contributed by atoms with E-state index in [1.54, 1.807) is 18.2 Å². The molecule has 1 unspecified atom stereocenters. The Labute approximate surface area is 109 Å². The van der Waals surface area contributed by atoms with Crippen LogP contribution in [0.25, 0.3) is 0 Å². The number of carboxylic acid groups (broad SMARTS) is 2. The van der Waals surface area contributed by atoms with Gasteiger partial charge in [0.1, 0.15) is 5.75 Å². The van der Waals surface area contributed by atoms with Crippen LogP contribution in [0.2, 0.25) is 5.02 Å². The van der Waals surface area contributed by atoms with Crippen LogP contribution >= 0.6 is 11.6 Å². The quantitative estimate of drug-likeness (QED) is 0.828. The van der Waals surface area contributed by atoms with Gasteiger partial charge in [0.15, 0.2) is 0 Å². The van der Waals surface area contributed by atoms with Gasteiger partial charge in [-0.05, 0) is 24.1 Å². The summed E-state index contributed by atoms with van der Waals surface area (Å²) >= 11 is 5.91. The van der Waals surface area contributed by atoms with Crippen molar-refractivity contribution in [1.29, 1.82) is 0 Å². The smallest absolute Gasteiger partial charge is 0.307 e. The van der Waals surface area contributed by atoms with Crippen molar-refractivity contribution in [2.45, 2.75) is 12.8 Å². The number of rotatable bonds is 6. The van der Waals surface area contributed by atoms with Gasteiger partial charge in [-0.1, -0.05) is 17.7 Å². The SMILES string of the molecule is COc1ccc(CC(CC(=O)O)C(=O)O)cc1Cl. The summed E-state index contributed by atoms with van der Waals surface area (Å²) in [4.78, 5) is 21.5. The number of methoxy groups -OCH3 is 1. The molecular formula is C12H13ClO5. The second-order valence-corrected chi connectivity index (χ2v) is 4.21. The molecule has 6 heteroatoms. The first kappa shape index (κ1) is 14.3. The van der Waals surface area contributed by atoms with E-state index < -0.39 is 24.3 Å². The molecule has 0 fully saturated rings.